The number of fused-ring (bicyclic) bond motifs is 1. The number of hydrogen-bond acceptors (Lipinski definition) is 8. The lowest BCUT2D eigenvalue weighted by Gasteiger charge is -2.26. The molecular formula is C37H32N5O8P. The molecule has 1 unspecified atom stereocenters. The van der Waals surface area contributed by atoms with E-state index in [9.17, 15) is 18.9 Å². The van der Waals surface area contributed by atoms with Crippen LogP contribution in [0.1, 0.15) is 22.3 Å². The van der Waals surface area contributed by atoms with Crippen molar-refractivity contribution in [1.29, 1.82) is 0 Å². The van der Waals surface area contributed by atoms with Crippen LogP contribution in [0, 0.1) is 0 Å². The van der Waals surface area contributed by atoms with E-state index in [1.54, 1.807) is 66.7 Å². The summed E-state index contributed by atoms with van der Waals surface area (Å²) in [6, 6.07) is 33.6. The molecule has 3 amide bonds. The van der Waals surface area contributed by atoms with Crippen molar-refractivity contribution in [3.63, 3.8) is 0 Å². The van der Waals surface area contributed by atoms with Crippen LogP contribution in [0.15, 0.2) is 126 Å². The van der Waals surface area contributed by atoms with Gasteiger partial charge in [-0.1, -0.05) is 54.6 Å². The molecule has 14 heteroatoms. The smallest absolute Gasteiger partial charge is 0.457 e. The summed E-state index contributed by atoms with van der Waals surface area (Å²) in [4.78, 5) is 64.7. The van der Waals surface area contributed by atoms with Crippen molar-refractivity contribution in [3.05, 3.63) is 144 Å². The van der Waals surface area contributed by atoms with Crippen LogP contribution in [-0.2, 0) is 31.8 Å². The molecule has 0 saturated heterocycles. The van der Waals surface area contributed by atoms with Gasteiger partial charge in [0.2, 0.25) is 18.0 Å². The van der Waals surface area contributed by atoms with Gasteiger partial charge in [-0.15, -0.1) is 0 Å². The highest BCUT2D eigenvalue weighted by Gasteiger charge is 2.35. The third-order valence-electron chi connectivity index (χ3n) is 7.75. The second-order valence-corrected chi connectivity index (χ2v) is 12.7. The van der Waals surface area contributed by atoms with Crippen LogP contribution in [0.25, 0.3) is 0 Å². The normalized spacial score (nSPS) is 14.2. The number of carbonyl (C=O) groups excluding carboxylic acids is 3. The highest BCUT2D eigenvalue weighted by Crippen LogP contribution is 2.38. The van der Waals surface area contributed by atoms with E-state index in [1.807, 2.05) is 30.3 Å². The average molecular weight is 706 g/mol. The van der Waals surface area contributed by atoms with Crippen LogP contribution >= 0.6 is 7.82 Å². The zero-order valence-corrected chi connectivity index (χ0v) is 27.8. The highest BCUT2D eigenvalue weighted by molar-refractivity contribution is 7.46. The van der Waals surface area contributed by atoms with E-state index in [4.69, 9.17) is 31.0 Å². The molecule has 0 bridgehead atoms. The number of benzodiazepines with no additional fused rings is 1. The van der Waals surface area contributed by atoms with Crippen LogP contribution in [0.5, 0.6) is 17.2 Å². The fraction of sp³-hybridized carbons (Fsp3) is 0.0811. The SMILES string of the molecule is NC(=O)Cc1cccc2c1C(c1ccc(N)cc1)=NC(NC(=O)Cc1ccc(OP(=O)(O)O)cc1)C(=O)N2c1ccc(Oc2ccccc2)cc1. The molecule has 258 valence electrons. The molecule has 6 rings (SSSR count). The lowest BCUT2D eigenvalue weighted by atomic mass is 9.93. The van der Waals surface area contributed by atoms with Gasteiger partial charge >= 0.3 is 7.82 Å². The second-order valence-electron chi connectivity index (χ2n) is 11.5. The summed E-state index contributed by atoms with van der Waals surface area (Å²) in [7, 11) is -4.76. The molecule has 13 nitrogen and oxygen atoms in total. The predicted molar refractivity (Wildman–Crippen MR) is 191 cm³/mol. The lowest BCUT2D eigenvalue weighted by molar-refractivity contribution is -0.126. The van der Waals surface area contributed by atoms with E-state index < -0.39 is 31.7 Å². The molecule has 51 heavy (non-hydrogen) atoms. The Kier molecular flexibility index (Phi) is 9.96. The summed E-state index contributed by atoms with van der Waals surface area (Å²) >= 11 is 0. The fourth-order valence-electron chi connectivity index (χ4n) is 5.57. The number of benzene rings is 5. The van der Waals surface area contributed by atoms with Gasteiger partial charge in [-0.3, -0.25) is 29.1 Å². The number of rotatable bonds is 11. The Labute approximate surface area is 292 Å². The van der Waals surface area contributed by atoms with Crippen molar-refractivity contribution in [1.82, 2.24) is 5.32 Å². The number of carbonyl (C=O) groups is 3. The number of primary amides is 1. The van der Waals surface area contributed by atoms with Crippen molar-refractivity contribution >= 4 is 48.3 Å². The van der Waals surface area contributed by atoms with Gasteiger partial charge in [-0.05, 0) is 77.9 Å². The fourth-order valence-corrected chi connectivity index (χ4v) is 5.97. The number of para-hydroxylation sites is 1. The molecule has 0 radical (unpaired) electrons. The van der Waals surface area contributed by atoms with E-state index in [2.05, 4.69) is 9.84 Å². The number of phosphoric ester groups is 1. The maximum Gasteiger partial charge on any atom is 0.524 e. The van der Waals surface area contributed by atoms with E-state index >= 15 is 0 Å². The molecule has 0 aliphatic carbocycles. The standard InChI is InChI=1S/C37H32N5O8P/c38-26-13-11-24(12-14-26)35-34-25(22-32(39)43)5-4-8-31(34)42(27-15-19-29(20-16-27)49-28-6-2-1-3-7-28)37(45)36(41-35)40-33(44)21-23-9-17-30(18-10-23)50-51(46,47)48/h1-20,36H,21-22,38H2,(H2,39,43)(H,40,44)(H2,46,47,48). The minimum atomic E-state index is -4.76. The Hall–Kier alpha value is -6.27. The first kappa shape index (κ1) is 34.6. The molecule has 7 N–H and O–H groups in total. The van der Waals surface area contributed by atoms with Crippen LogP contribution in [0.4, 0.5) is 17.1 Å². The Bertz CT molecular complexity index is 2150. The maximum atomic E-state index is 14.6. The van der Waals surface area contributed by atoms with Crippen LogP contribution < -0.4 is 30.9 Å². The zero-order valence-electron chi connectivity index (χ0n) is 26.9. The Morgan fingerprint density at radius 1 is 0.804 bits per heavy atom. The van der Waals surface area contributed by atoms with Crippen molar-refractivity contribution in [2.24, 2.45) is 10.7 Å². The van der Waals surface area contributed by atoms with E-state index in [1.165, 1.54) is 29.2 Å². The highest BCUT2D eigenvalue weighted by atomic mass is 31.2. The van der Waals surface area contributed by atoms with E-state index in [0.717, 1.165) is 0 Å². The van der Waals surface area contributed by atoms with Crippen molar-refractivity contribution < 1.29 is 38.0 Å². The molecule has 1 aliphatic rings. The average Bonchev–Trinajstić information content (AvgIpc) is 3.20. The van der Waals surface area contributed by atoms with Crippen molar-refractivity contribution in [2.75, 3.05) is 10.6 Å². The van der Waals surface area contributed by atoms with Gasteiger partial charge in [0.25, 0.3) is 5.91 Å². The number of hydrogen-bond donors (Lipinski definition) is 5. The monoisotopic (exact) mass is 705 g/mol. The minimum absolute atomic E-state index is 0.0791. The predicted octanol–water partition coefficient (Wildman–Crippen LogP) is 4.76. The second kappa shape index (κ2) is 14.7. The minimum Gasteiger partial charge on any atom is -0.457 e. The van der Waals surface area contributed by atoms with Crippen LogP contribution in [0.3, 0.4) is 0 Å². The Morgan fingerprint density at radius 2 is 1.45 bits per heavy atom. The molecule has 5 aromatic rings. The first-order valence-electron chi connectivity index (χ1n) is 15.6. The number of nitrogens with one attached hydrogen (secondary N) is 1. The molecule has 1 aliphatic heterocycles. The van der Waals surface area contributed by atoms with Crippen LogP contribution in [0.2, 0.25) is 0 Å². The summed E-state index contributed by atoms with van der Waals surface area (Å²) in [6.45, 7) is 0. The van der Waals surface area contributed by atoms with Crippen molar-refractivity contribution in [3.8, 4) is 17.2 Å². The molecule has 0 fully saturated rings. The van der Waals surface area contributed by atoms with Gasteiger partial charge in [0.05, 0.1) is 24.2 Å². The maximum absolute atomic E-state index is 14.6. The quantitative estimate of drug-likeness (QED) is 0.0947. The van der Waals surface area contributed by atoms with Gasteiger partial charge in [-0.2, -0.15) is 0 Å². The summed E-state index contributed by atoms with van der Waals surface area (Å²) < 4.78 is 21.7. The third-order valence-corrected chi connectivity index (χ3v) is 8.20. The number of ether oxygens (including phenoxy) is 1. The zero-order chi connectivity index (χ0) is 36.1. The topological polar surface area (TPSA) is 207 Å². The molecule has 0 aromatic heterocycles. The first-order valence-corrected chi connectivity index (χ1v) is 17.1. The van der Waals surface area contributed by atoms with Gasteiger partial charge in [0.1, 0.15) is 17.2 Å². The molecular weight excluding hydrogens is 673 g/mol. The van der Waals surface area contributed by atoms with Crippen LogP contribution in [-0.4, -0.2) is 39.4 Å². The van der Waals surface area contributed by atoms with Gasteiger partial charge in [-0.25, -0.2) is 9.56 Å². The molecule has 0 saturated carbocycles. The molecule has 0 spiro atoms. The number of aliphatic imine (C=N–C) groups is 1. The van der Waals surface area contributed by atoms with Gasteiger partial charge in [0.15, 0.2) is 0 Å². The summed E-state index contributed by atoms with van der Waals surface area (Å²) in [6.07, 6.45) is -1.78. The van der Waals surface area contributed by atoms with E-state index in [-0.39, 0.29) is 18.6 Å². The van der Waals surface area contributed by atoms with E-state index in [0.29, 0.717) is 56.5 Å². The largest absolute Gasteiger partial charge is 0.524 e. The third kappa shape index (κ3) is 8.49. The number of nitrogen functional groups attached to an aromatic ring is 1. The number of anilines is 3. The van der Waals surface area contributed by atoms with Gasteiger partial charge in [0, 0.05) is 22.5 Å². The molecule has 5 aromatic carbocycles. The van der Waals surface area contributed by atoms with Gasteiger partial charge < -0.3 is 26.0 Å². The number of amides is 3. The summed E-state index contributed by atoms with van der Waals surface area (Å²) in [5, 5.41) is 2.75. The Morgan fingerprint density at radius 3 is 2.10 bits per heavy atom. The lowest BCUT2D eigenvalue weighted by Crippen LogP contribution is -2.46. The van der Waals surface area contributed by atoms with Crippen molar-refractivity contribution in [2.45, 2.75) is 19.0 Å². The molecule has 1 heterocycles. The summed E-state index contributed by atoms with van der Waals surface area (Å²) in [5.41, 5.74) is 15.4. The number of nitrogens with two attached hydrogens (primary N) is 2. The number of nitrogens with zero attached hydrogens (tertiary/aromatic N) is 2. The summed E-state index contributed by atoms with van der Waals surface area (Å²) in [5.74, 6) is -0.668. The molecule has 1 atom stereocenters. The Balaban J connectivity index is 1.41. The number of phosphoric acid groups is 1. The first-order chi connectivity index (χ1) is 24.4.